The number of anilines is 1. The van der Waals surface area contributed by atoms with E-state index in [1.54, 1.807) is 24.3 Å². The van der Waals surface area contributed by atoms with Gasteiger partial charge in [0, 0.05) is 24.7 Å². The van der Waals surface area contributed by atoms with Gasteiger partial charge in [0.25, 0.3) is 0 Å². The third kappa shape index (κ3) is 3.77. The lowest BCUT2D eigenvalue weighted by atomic mass is 10.0. The van der Waals surface area contributed by atoms with Crippen molar-refractivity contribution in [2.45, 2.75) is 38.8 Å². The van der Waals surface area contributed by atoms with Gasteiger partial charge in [-0.05, 0) is 62.1 Å². The molecule has 2 aromatic rings. The predicted molar refractivity (Wildman–Crippen MR) is 105 cm³/mol. The average Bonchev–Trinajstić information content (AvgIpc) is 3.32. The van der Waals surface area contributed by atoms with Crippen LogP contribution in [0.3, 0.4) is 0 Å². The summed E-state index contributed by atoms with van der Waals surface area (Å²) in [4.78, 5) is 29.5. The zero-order valence-electron chi connectivity index (χ0n) is 16.3. The van der Waals surface area contributed by atoms with Crippen LogP contribution in [0.25, 0.3) is 0 Å². The van der Waals surface area contributed by atoms with Crippen molar-refractivity contribution in [2.24, 2.45) is 11.8 Å². The molecular weight excluding hydrogens is 356 g/mol. The van der Waals surface area contributed by atoms with Gasteiger partial charge in [-0.25, -0.2) is 0 Å². The summed E-state index contributed by atoms with van der Waals surface area (Å²) in [5.41, 5.74) is 0.863. The van der Waals surface area contributed by atoms with Crippen LogP contribution in [0.15, 0.2) is 47.1 Å². The number of hydrogen-bond acceptors (Lipinski definition) is 4. The lowest BCUT2D eigenvalue weighted by Gasteiger charge is -2.32. The van der Waals surface area contributed by atoms with Gasteiger partial charge in [0.2, 0.25) is 11.8 Å². The lowest BCUT2D eigenvalue weighted by Crippen LogP contribution is -2.44. The molecule has 148 valence electrons. The molecule has 1 saturated heterocycles. The van der Waals surface area contributed by atoms with Crippen LogP contribution in [-0.4, -0.2) is 36.4 Å². The normalized spacial score (nSPS) is 20.3. The molecule has 0 spiro atoms. The van der Waals surface area contributed by atoms with E-state index in [0.717, 1.165) is 30.0 Å². The van der Waals surface area contributed by atoms with Crippen molar-refractivity contribution in [3.63, 3.8) is 0 Å². The van der Waals surface area contributed by atoms with E-state index in [2.05, 4.69) is 6.92 Å². The van der Waals surface area contributed by atoms with Crippen molar-refractivity contribution in [3.05, 3.63) is 48.4 Å². The molecule has 1 aliphatic heterocycles. The Bertz CT molecular complexity index is 827. The van der Waals surface area contributed by atoms with Crippen molar-refractivity contribution in [1.82, 2.24) is 4.90 Å². The molecule has 0 N–H and O–H groups in total. The molecule has 2 atom stereocenters. The van der Waals surface area contributed by atoms with E-state index in [1.165, 1.54) is 0 Å². The quantitative estimate of drug-likeness (QED) is 0.736. The second-order valence-corrected chi connectivity index (χ2v) is 7.74. The lowest BCUT2D eigenvalue weighted by molar-refractivity contribution is -0.129. The molecule has 1 aliphatic carbocycles. The Balaban J connectivity index is 1.52. The first-order chi connectivity index (χ1) is 13.6. The number of likely N-dealkylation sites (tertiary alicyclic amines) is 1. The van der Waals surface area contributed by atoms with E-state index in [1.807, 2.05) is 35.2 Å². The number of amides is 2. The molecule has 0 bridgehead atoms. The molecule has 2 unspecified atom stereocenters. The summed E-state index contributed by atoms with van der Waals surface area (Å²) in [6.45, 7) is 2.95. The van der Waals surface area contributed by atoms with Crippen LogP contribution in [0, 0.1) is 11.8 Å². The number of furan rings is 1. The highest BCUT2D eigenvalue weighted by Crippen LogP contribution is 2.38. The molecule has 4 rings (SSSR count). The van der Waals surface area contributed by atoms with Gasteiger partial charge in [0.05, 0.1) is 25.8 Å². The zero-order chi connectivity index (χ0) is 19.7. The average molecular weight is 382 g/mol. The van der Waals surface area contributed by atoms with E-state index in [-0.39, 0.29) is 30.2 Å². The highest BCUT2D eigenvalue weighted by molar-refractivity contribution is 5.99. The van der Waals surface area contributed by atoms with Gasteiger partial charge in [0.1, 0.15) is 11.5 Å². The van der Waals surface area contributed by atoms with Gasteiger partial charge >= 0.3 is 0 Å². The van der Waals surface area contributed by atoms with Gasteiger partial charge in [-0.2, -0.15) is 0 Å². The molecule has 6 heteroatoms. The smallest absolute Gasteiger partial charge is 0.232 e. The molecule has 28 heavy (non-hydrogen) atoms. The second-order valence-electron chi connectivity index (χ2n) is 7.74. The summed E-state index contributed by atoms with van der Waals surface area (Å²) in [5, 5.41) is 0. The highest BCUT2D eigenvalue weighted by atomic mass is 16.5. The van der Waals surface area contributed by atoms with Crippen LogP contribution < -0.4 is 9.64 Å². The minimum absolute atomic E-state index is 0.00325. The van der Waals surface area contributed by atoms with E-state index >= 15 is 0 Å². The van der Waals surface area contributed by atoms with Crippen molar-refractivity contribution in [1.29, 1.82) is 0 Å². The van der Waals surface area contributed by atoms with Gasteiger partial charge < -0.3 is 19.0 Å². The SMILES string of the molecule is COc1ccc(N(C(=O)C2CC(=O)N(Cc3ccco3)C2)C(C)C2CC2)cc1. The van der Waals surface area contributed by atoms with Crippen LogP contribution in [0.4, 0.5) is 5.69 Å². The Morgan fingerprint density at radius 1 is 1.29 bits per heavy atom. The molecule has 2 heterocycles. The second kappa shape index (κ2) is 7.70. The molecule has 1 saturated carbocycles. The number of benzene rings is 1. The first kappa shape index (κ1) is 18.6. The number of rotatable bonds is 7. The van der Waals surface area contributed by atoms with Gasteiger partial charge in [-0.1, -0.05) is 0 Å². The minimum atomic E-state index is -0.328. The van der Waals surface area contributed by atoms with E-state index in [9.17, 15) is 9.59 Å². The fourth-order valence-electron chi connectivity index (χ4n) is 3.97. The number of ether oxygens (including phenoxy) is 1. The number of carbonyl (C=O) groups excluding carboxylic acids is 2. The molecule has 1 aromatic heterocycles. The van der Waals surface area contributed by atoms with Crippen LogP contribution in [0.2, 0.25) is 0 Å². The van der Waals surface area contributed by atoms with Crippen LogP contribution >= 0.6 is 0 Å². The Morgan fingerprint density at radius 2 is 2.04 bits per heavy atom. The van der Waals surface area contributed by atoms with Crippen molar-refractivity contribution >= 4 is 17.5 Å². The van der Waals surface area contributed by atoms with E-state index in [0.29, 0.717) is 19.0 Å². The Hall–Kier alpha value is -2.76. The maximum atomic E-state index is 13.5. The largest absolute Gasteiger partial charge is 0.497 e. The number of methoxy groups -OCH3 is 1. The summed E-state index contributed by atoms with van der Waals surface area (Å²) < 4.78 is 10.6. The molecule has 2 amide bonds. The van der Waals surface area contributed by atoms with Gasteiger partial charge in [-0.3, -0.25) is 9.59 Å². The summed E-state index contributed by atoms with van der Waals surface area (Å²) in [6, 6.07) is 11.4. The topological polar surface area (TPSA) is 63.0 Å². The molecule has 1 aromatic carbocycles. The number of hydrogen-bond donors (Lipinski definition) is 0. The van der Waals surface area contributed by atoms with Crippen molar-refractivity contribution in [2.75, 3.05) is 18.6 Å². The van der Waals surface area contributed by atoms with Crippen molar-refractivity contribution in [3.8, 4) is 5.75 Å². The minimum Gasteiger partial charge on any atom is -0.497 e. The van der Waals surface area contributed by atoms with Crippen molar-refractivity contribution < 1.29 is 18.7 Å². The monoisotopic (exact) mass is 382 g/mol. The number of nitrogens with zero attached hydrogens (tertiary/aromatic N) is 2. The molecule has 6 nitrogen and oxygen atoms in total. The van der Waals surface area contributed by atoms with Crippen LogP contribution in [-0.2, 0) is 16.1 Å². The Morgan fingerprint density at radius 3 is 2.64 bits per heavy atom. The standard InChI is InChI=1S/C22H26N2O4/c1-15(16-5-6-16)24(18-7-9-19(27-2)10-8-18)22(26)17-12-21(25)23(13-17)14-20-4-3-11-28-20/h3-4,7-11,15-17H,5-6,12-14H2,1-2H3. The summed E-state index contributed by atoms with van der Waals surface area (Å²) >= 11 is 0. The molecular formula is C22H26N2O4. The number of carbonyl (C=O) groups is 2. The third-order valence-electron chi connectivity index (χ3n) is 5.79. The van der Waals surface area contributed by atoms with Gasteiger partial charge in [0.15, 0.2) is 0 Å². The summed E-state index contributed by atoms with van der Waals surface area (Å²) in [6.07, 6.45) is 4.15. The molecule has 2 aliphatic rings. The molecule has 0 radical (unpaired) electrons. The van der Waals surface area contributed by atoms with Crippen LogP contribution in [0.1, 0.15) is 31.9 Å². The maximum Gasteiger partial charge on any atom is 0.232 e. The Labute approximate surface area is 165 Å². The zero-order valence-corrected chi connectivity index (χ0v) is 16.3. The van der Waals surface area contributed by atoms with E-state index in [4.69, 9.17) is 9.15 Å². The highest BCUT2D eigenvalue weighted by Gasteiger charge is 2.41. The maximum absolute atomic E-state index is 13.5. The first-order valence-electron chi connectivity index (χ1n) is 9.84. The fraction of sp³-hybridized carbons (Fsp3) is 0.455. The summed E-state index contributed by atoms with van der Waals surface area (Å²) in [7, 11) is 1.63. The fourth-order valence-corrected chi connectivity index (χ4v) is 3.97. The predicted octanol–water partition coefficient (Wildman–Crippen LogP) is 3.47. The van der Waals surface area contributed by atoms with E-state index < -0.39 is 0 Å². The molecule has 2 fully saturated rings. The Kier molecular flexibility index (Phi) is 5.11. The van der Waals surface area contributed by atoms with Crippen LogP contribution in [0.5, 0.6) is 5.75 Å². The third-order valence-corrected chi connectivity index (χ3v) is 5.79. The summed E-state index contributed by atoms with van der Waals surface area (Å²) in [5.74, 6) is 1.73. The first-order valence-corrected chi connectivity index (χ1v) is 9.84. The van der Waals surface area contributed by atoms with Gasteiger partial charge in [-0.15, -0.1) is 0 Å².